The van der Waals surface area contributed by atoms with Gasteiger partial charge < -0.3 is 98.2 Å². The van der Waals surface area contributed by atoms with Gasteiger partial charge in [-0.2, -0.15) is 0 Å². The molecule has 0 aromatic heterocycles. The fraction of sp³-hybridized carbons (Fsp3) is 0.802. The van der Waals surface area contributed by atoms with E-state index < -0.39 is 102 Å². The Kier molecular flexibility index (Phi) is 45.5. The standard InChI is InChI=1S/C19H37NO3.C16H25NO4.C16H25NO3.C15H29NO3.C13H27NO3.C12H25NO3/c1-12(2)14-9-8-13(3)10-16(14)23-11-15(18(4,5)20)17(21)19(6,7)22;1-15(2,17)13(14(18)16(3,4)19)10-7-11(20-5)9-12(8-10)21-6;1-15(2,17)13(14(18)16(3,4)19)11-20-10-12-8-6-5-7-9-12;1-14(2,16)12(13(17)15(3,4)18)10-19-11-8-6-5-7-9-11;1-11(2,3)17-8-9(12(4,5)14)10(15)13(6,7)16;1-8(2)16-7-9(11(3,4)13)10(14)12(5,6)15/h12-16,22H,8-11,20H2,1-7H3;7-9,13,19H,17H2,1-6H3;5-9,13,19H,10-11,17H2,1-4H3;11-12,18H,5-10,16H2,1-4H3;9,16H,8,14H2,1-7H3;8-9,15H,7,13H2,1-6H3/t13-,14+,15+,16-;2*13-;12-;2*9-/m100000/s1. The molecule has 9 atom stereocenters. The van der Waals surface area contributed by atoms with Crippen molar-refractivity contribution >= 4 is 34.7 Å². The molecule has 0 amide bonds. The average molecular weight is 1650 g/mol. The van der Waals surface area contributed by atoms with E-state index in [0.29, 0.717) is 48.0 Å². The lowest BCUT2D eigenvalue weighted by molar-refractivity contribution is -0.146. The van der Waals surface area contributed by atoms with Crippen LogP contribution in [0.5, 0.6) is 11.5 Å². The quantitative estimate of drug-likeness (QED) is 0.0299. The molecule has 0 saturated heterocycles. The second kappa shape index (κ2) is 46.6. The van der Waals surface area contributed by atoms with Crippen molar-refractivity contribution in [1.82, 2.24) is 0 Å². The average Bonchev–Trinajstić information content (AvgIpc) is 0.798. The maximum absolute atomic E-state index is 12.6. The molecule has 0 aliphatic heterocycles. The largest absolute Gasteiger partial charge is 0.497 e. The number of methoxy groups -OCH3 is 2. The number of ether oxygens (including phenoxy) is 7. The number of nitrogens with two attached hydrogens (primary N) is 6. The summed E-state index contributed by atoms with van der Waals surface area (Å²) in [6.45, 7) is 57.2. The molecule has 18 N–H and O–H groups in total. The van der Waals surface area contributed by atoms with Crippen molar-refractivity contribution in [3.05, 3.63) is 59.7 Å². The van der Waals surface area contributed by atoms with Crippen molar-refractivity contribution in [2.45, 2.75) is 376 Å². The number of hydrogen-bond donors (Lipinski definition) is 12. The molecule has 116 heavy (non-hydrogen) atoms. The lowest BCUT2D eigenvalue weighted by Gasteiger charge is -2.39. The first-order valence-corrected chi connectivity index (χ1v) is 41.5. The van der Waals surface area contributed by atoms with Gasteiger partial charge in [0.25, 0.3) is 0 Å². The molecule has 0 unspecified atom stereocenters. The van der Waals surface area contributed by atoms with E-state index in [9.17, 15) is 59.4 Å². The van der Waals surface area contributed by atoms with E-state index in [1.165, 1.54) is 115 Å². The summed E-state index contributed by atoms with van der Waals surface area (Å²) in [5.74, 6) is -2.02. The van der Waals surface area contributed by atoms with E-state index in [1.807, 2.05) is 92.6 Å². The van der Waals surface area contributed by atoms with Crippen LogP contribution in [0, 0.1) is 47.3 Å². The molecule has 0 spiro atoms. The van der Waals surface area contributed by atoms with Gasteiger partial charge in [0.1, 0.15) is 45.1 Å². The van der Waals surface area contributed by atoms with Gasteiger partial charge in [-0.25, -0.2) is 0 Å². The molecule has 2 fully saturated rings. The van der Waals surface area contributed by atoms with Crippen LogP contribution in [0.2, 0.25) is 0 Å². The summed E-state index contributed by atoms with van der Waals surface area (Å²) in [4.78, 5) is 73.8. The van der Waals surface area contributed by atoms with Gasteiger partial charge in [0.2, 0.25) is 0 Å². The first kappa shape index (κ1) is 113. The smallest absolute Gasteiger partial charge is 0.173 e. The summed E-state index contributed by atoms with van der Waals surface area (Å²) < 4.78 is 39.2. The minimum absolute atomic E-state index is 0.0412. The SMILES string of the molecule is CC(C)(C)OC[C@@H](C(=O)C(C)(C)O)C(C)(C)N.CC(C)(O)C(=O)[C@H](COC1CCCCC1)C(C)(C)N.CC(C)(O)C(=O)[C@H](COCc1ccccc1)C(C)(C)N.CC(C)OC[C@@H](C(=O)C(C)(C)O)C(C)(C)N.CC(C)[C@@H]1CC[C@@H](C)C[C@H]1OC[C@@H](C(=O)C(C)(C)O)C(C)(C)N.COc1cc(OC)cc([C@@H](C(=O)C(C)(C)O)C(C)(C)N)c1. The Morgan fingerprint density at radius 3 is 1.06 bits per heavy atom. The Morgan fingerprint density at radius 1 is 0.414 bits per heavy atom. The van der Waals surface area contributed by atoms with E-state index in [1.54, 1.807) is 87.8 Å². The summed E-state index contributed by atoms with van der Waals surface area (Å²) in [5, 5.41) is 59.4. The van der Waals surface area contributed by atoms with Crippen molar-refractivity contribution in [2.24, 2.45) is 81.7 Å². The zero-order valence-electron chi connectivity index (χ0n) is 78.4. The highest BCUT2D eigenvalue weighted by Gasteiger charge is 2.46. The molecule has 2 aromatic rings. The third kappa shape index (κ3) is 43.7. The van der Waals surface area contributed by atoms with Gasteiger partial charge in [0.15, 0.2) is 34.7 Å². The van der Waals surface area contributed by atoms with Crippen LogP contribution >= 0.6 is 0 Å². The van der Waals surface area contributed by atoms with Gasteiger partial charge in [-0.15, -0.1) is 0 Å². The molecule has 676 valence electrons. The monoisotopic (exact) mass is 1650 g/mol. The Hall–Kier alpha value is -4.62. The highest BCUT2D eigenvalue weighted by atomic mass is 16.5. The van der Waals surface area contributed by atoms with E-state index in [4.69, 9.17) is 67.6 Å². The lowest BCUT2D eigenvalue weighted by Crippen LogP contribution is -2.53. The normalized spacial score (nSPS) is 18.2. The Morgan fingerprint density at radius 2 is 0.750 bits per heavy atom. The second-order valence-corrected chi connectivity index (χ2v) is 40.9. The maximum atomic E-state index is 12.6. The van der Waals surface area contributed by atoms with Crippen molar-refractivity contribution < 1.29 is 92.6 Å². The Labute approximate surface area is 700 Å². The molecule has 0 radical (unpaired) electrons. The summed E-state index contributed by atoms with van der Waals surface area (Å²) >= 11 is 0. The Balaban J connectivity index is 0. The number of Topliss-reactive ketones (excluding diaryl/α,β-unsaturated/α-hetero) is 6. The van der Waals surface area contributed by atoms with Crippen LogP contribution in [-0.2, 0) is 59.1 Å². The third-order valence-corrected chi connectivity index (χ3v) is 20.6. The predicted molar refractivity (Wildman–Crippen MR) is 464 cm³/mol. The van der Waals surface area contributed by atoms with Crippen LogP contribution in [0.3, 0.4) is 0 Å². The number of carbonyl (C=O) groups is 6. The summed E-state index contributed by atoms with van der Waals surface area (Å²) in [7, 11) is 3.08. The van der Waals surface area contributed by atoms with Gasteiger partial charge in [-0.05, 0) is 267 Å². The third-order valence-electron chi connectivity index (χ3n) is 20.6. The van der Waals surface area contributed by atoms with Crippen molar-refractivity contribution in [1.29, 1.82) is 0 Å². The molecule has 2 saturated carbocycles. The zero-order valence-corrected chi connectivity index (χ0v) is 78.4. The van der Waals surface area contributed by atoms with E-state index in [-0.39, 0.29) is 85.0 Å². The van der Waals surface area contributed by atoms with Crippen LogP contribution in [0.1, 0.15) is 290 Å². The molecule has 25 nitrogen and oxygen atoms in total. The molecular formula is C91H168N6O19. The van der Waals surface area contributed by atoms with Crippen LogP contribution in [0.25, 0.3) is 0 Å². The van der Waals surface area contributed by atoms with Gasteiger partial charge in [0, 0.05) is 39.3 Å². The number of ketones is 6. The zero-order chi connectivity index (χ0) is 91.7. The van der Waals surface area contributed by atoms with Crippen molar-refractivity contribution in [3.8, 4) is 11.5 Å². The summed E-state index contributed by atoms with van der Waals surface area (Å²) in [5.41, 5.74) is 25.0. The maximum Gasteiger partial charge on any atom is 0.173 e. The van der Waals surface area contributed by atoms with Crippen LogP contribution < -0.4 is 43.9 Å². The summed E-state index contributed by atoms with van der Waals surface area (Å²) in [6, 6.07) is 14.9. The van der Waals surface area contributed by atoms with E-state index >= 15 is 0 Å². The van der Waals surface area contributed by atoms with Gasteiger partial charge in [0.05, 0.1) is 113 Å². The fourth-order valence-electron chi connectivity index (χ4n) is 13.0. The predicted octanol–water partition coefficient (Wildman–Crippen LogP) is 11.5. The lowest BCUT2D eigenvalue weighted by atomic mass is 9.75. The number of aliphatic hydroxyl groups is 6. The topological polar surface area (TPSA) is 445 Å². The van der Waals surface area contributed by atoms with Crippen molar-refractivity contribution in [3.63, 3.8) is 0 Å². The Bertz CT molecular complexity index is 3200. The van der Waals surface area contributed by atoms with Crippen LogP contribution in [-0.4, -0.2) is 203 Å². The molecular weight excluding hydrogens is 1480 g/mol. The molecule has 4 rings (SSSR count). The fourth-order valence-corrected chi connectivity index (χ4v) is 13.0. The molecule has 0 bridgehead atoms. The van der Waals surface area contributed by atoms with E-state index in [2.05, 4.69) is 20.8 Å². The van der Waals surface area contributed by atoms with Gasteiger partial charge in [-0.1, -0.05) is 76.8 Å². The molecule has 25 heteroatoms. The minimum atomic E-state index is -1.47. The van der Waals surface area contributed by atoms with Crippen LogP contribution in [0.4, 0.5) is 0 Å². The highest BCUT2D eigenvalue weighted by Crippen LogP contribution is 2.39. The number of rotatable bonds is 37. The molecule has 2 aliphatic carbocycles. The van der Waals surface area contributed by atoms with Crippen LogP contribution in [0.15, 0.2) is 48.5 Å². The second-order valence-electron chi connectivity index (χ2n) is 40.9. The number of benzene rings is 2. The molecule has 2 aliphatic rings. The molecule has 2 aromatic carbocycles. The number of carbonyl (C=O) groups excluding carboxylic acids is 6. The summed E-state index contributed by atoms with van der Waals surface area (Å²) in [6.07, 6.45) is 9.72. The number of hydrogen-bond acceptors (Lipinski definition) is 25. The van der Waals surface area contributed by atoms with Crippen molar-refractivity contribution in [2.75, 3.05) is 47.3 Å². The van der Waals surface area contributed by atoms with E-state index in [0.717, 1.165) is 24.8 Å². The first-order chi connectivity index (χ1) is 51.8. The minimum Gasteiger partial charge on any atom is -0.497 e. The van der Waals surface area contributed by atoms with Gasteiger partial charge in [-0.3, -0.25) is 28.8 Å². The molecule has 0 heterocycles. The van der Waals surface area contributed by atoms with Gasteiger partial charge >= 0.3 is 0 Å². The first-order valence-electron chi connectivity index (χ1n) is 41.5. The highest BCUT2D eigenvalue weighted by molar-refractivity contribution is 5.94.